The minimum absolute atomic E-state index is 0.615. The molecule has 1 aromatic heterocycles. The molecule has 0 aliphatic rings. The van der Waals surface area contributed by atoms with Crippen molar-refractivity contribution in [1.29, 1.82) is 0 Å². The molecule has 54 heavy (non-hydrogen) atoms. The lowest BCUT2D eigenvalue weighted by atomic mass is 9.93. The Labute approximate surface area is 316 Å². The number of hydrogen-bond acceptors (Lipinski definition) is 3. The van der Waals surface area contributed by atoms with Crippen LogP contribution in [0.2, 0.25) is 0 Å². The van der Waals surface area contributed by atoms with Crippen molar-refractivity contribution in [1.82, 2.24) is 15.0 Å². The highest BCUT2D eigenvalue weighted by molar-refractivity contribution is 5.88. The zero-order chi connectivity index (χ0) is 36.1. The van der Waals surface area contributed by atoms with Gasteiger partial charge in [-0.05, 0) is 73.8 Å². The highest BCUT2D eigenvalue weighted by Gasteiger charge is 2.19. The molecule has 9 rings (SSSR count). The van der Waals surface area contributed by atoms with Gasteiger partial charge in [0.25, 0.3) is 0 Å². The monoisotopic (exact) mass is 689 g/mol. The fourth-order valence-electron chi connectivity index (χ4n) is 7.00. The molecule has 0 unspecified atom stereocenters. The molecule has 9 aromatic rings. The van der Waals surface area contributed by atoms with Gasteiger partial charge in [0.05, 0.1) is 0 Å². The van der Waals surface area contributed by atoms with E-state index in [1.54, 1.807) is 0 Å². The van der Waals surface area contributed by atoms with Gasteiger partial charge in [0.2, 0.25) is 0 Å². The SMILES string of the molecule is c1ccc(-c2ccc(-c3nc(-c4ccc(-c5ccccc5)cc4-c4ccccc4)nc(-c4cc(-c5ccccc5)ccc4-c4ccccc4)n3)cc2)cc1. The Morgan fingerprint density at radius 2 is 0.500 bits per heavy atom. The molecule has 0 aliphatic heterocycles. The fourth-order valence-corrected chi connectivity index (χ4v) is 7.00. The predicted molar refractivity (Wildman–Crippen MR) is 223 cm³/mol. The third-order valence-corrected chi connectivity index (χ3v) is 9.79. The average molecular weight is 690 g/mol. The largest absolute Gasteiger partial charge is 0.208 e. The van der Waals surface area contributed by atoms with Crippen molar-refractivity contribution >= 4 is 0 Å². The number of aromatic nitrogens is 3. The Morgan fingerprint density at radius 3 is 1.00 bits per heavy atom. The quantitative estimate of drug-likeness (QED) is 0.159. The van der Waals surface area contributed by atoms with Crippen LogP contribution in [0.25, 0.3) is 89.8 Å². The third kappa shape index (κ3) is 6.74. The van der Waals surface area contributed by atoms with E-state index in [9.17, 15) is 0 Å². The molecule has 3 heteroatoms. The van der Waals surface area contributed by atoms with E-state index in [-0.39, 0.29) is 0 Å². The molecule has 0 bridgehead atoms. The summed E-state index contributed by atoms with van der Waals surface area (Å²) >= 11 is 0. The van der Waals surface area contributed by atoms with E-state index in [1.807, 2.05) is 30.3 Å². The van der Waals surface area contributed by atoms with Gasteiger partial charge >= 0.3 is 0 Å². The Morgan fingerprint density at radius 1 is 0.185 bits per heavy atom. The molecule has 0 aliphatic carbocycles. The molecule has 1 heterocycles. The van der Waals surface area contributed by atoms with Crippen molar-refractivity contribution < 1.29 is 0 Å². The summed E-state index contributed by atoms with van der Waals surface area (Å²) < 4.78 is 0. The van der Waals surface area contributed by atoms with Gasteiger partial charge in [-0.15, -0.1) is 0 Å². The summed E-state index contributed by atoms with van der Waals surface area (Å²) in [6.45, 7) is 0. The van der Waals surface area contributed by atoms with Gasteiger partial charge in [0, 0.05) is 16.7 Å². The number of benzene rings is 8. The molecule has 0 fully saturated rings. The second-order valence-electron chi connectivity index (χ2n) is 13.2. The van der Waals surface area contributed by atoms with E-state index in [0.717, 1.165) is 72.3 Å². The molecule has 0 saturated heterocycles. The summed E-state index contributed by atoms with van der Waals surface area (Å²) in [7, 11) is 0. The summed E-state index contributed by atoms with van der Waals surface area (Å²) in [5.41, 5.74) is 13.9. The lowest BCUT2D eigenvalue weighted by molar-refractivity contribution is 1.07. The van der Waals surface area contributed by atoms with E-state index in [2.05, 4.69) is 182 Å². The second kappa shape index (κ2) is 14.8. The highest BCUT2D eigenvalue weighted by Crippen LogP contribution is 2.39. The first-order chi connectivity index (χ1) is 26.8. The van der Waals surface area contributed by atoms with Crippen LogP contribution in [0.3, 0.4) is 0 Å². The van der Waals surface area contributed by atoms with Gasteiger partial charge < -0.3 is 0 Å². The van der Waals surface area contributed by atoms with E-state index in [1.165, 1.54) is 0 Å². The molecule has 0 amide bonds. The van der Waals surface area contributed by atoms with E-state index in [4.69, 9.17) is 15.0 Å². The van der Waals surface area contributed by atoms with E-state index in [0.29, 0.717) is 17.5 Å². The van der Waals surface area contributed by atoms with Crippen molar-refractivity contribution in [3.63, 3.8) is 0 Å². The maximum atomic E-state index is 5.35. The molecule has 0 radical (unpaired) electrons. The molecule has 254 valence electrons. The van der Waals surface area contributed by atoms with E-state index >= 15 is 0 Å². The van der Waals surface area contributed by atoms with Crippen molar-refractivity contribution in [3.05, 3.63) is 212 Å². The van der Waals surface area contributed by atoms with Gasteiger partial charge in [0.15, 0.2) is 17.5 Å². The van der Waals surface area contributed by atoms with Crippen LogP contribution in [0, 0.1) is 0 Å². The molecule has 0 atom stereocenters. The third-order valence-electron chi connectivity index (χ3n) is 9.79. The maximum absolute atomic E-state index is 5.35. The molecule has 0 N–H and O–H groups in total. The van der Waals surface area contributed by atoms with Crippen molar-refractivity contribution in [3.8, 4) is 89.8 Å². The van der Waals surface area contributed by atoms with Crippen LogP contribution in [0.1, 0.15) is 0 Å². The first-order valence-corrected chi connectivity index (χ1v) is 18.2. The zero-order valence-electron chi connectivity index (χ0n) is 29.5. The summed E-state index contributed by atoms with van der Waals surface area (Å²) in [5.74, 6) is 1.85. The molecule has 0 saturated carbocycles. The Balaban J connectivity index is 1.28. The van der Waals surface area contributed by atoms with Crippen molar-refractivity contribution in [2.45, 2.75) is 0 Å². The molecular formula is C51H35N3. The first-order valence-electron chi connectivity index (χ1n) is 18.2. The smallest absolute Gasteiger partial charge is 0.164 e. The lowest BCUT2D eigenvalue weighted by Gasteiger charge is -2.16. The predicted octanol–water partition coefficient (Wildman–Crippen LogP) is 13.2. The van der Waals surface area contributed by atoms with Gasteiger partial charge in [0.1, 0.15) is 0 Å². The second-order valence-corrected chi connectivity index (χ2v) is 13.2. The normalized spacial score (nSPS) is 11.0. The first kappa shape index (κ1) is 32.7. The number of hydrogen-bond donors (Lipinski definition) is 0. The van der Waals surface area contributed by atoms with Gasteiger partial charge in [-0.3, -0.25) is 0 Å². The van der Waals surface area contributed by atoms with Gasteiger partial charge in [-0.2, -0.15) is 0 Å². The molecule has 8 aromatic carbocycles. The van der Waals surface area contributed by atoms with E-state index < -0.39 is 0 Å². The summed E-state index contributed by atoms with van der Waals surface area (Å²) in [6, 6.07) is 74.0. The molecule has 0 spiro atoms. The van der Waals surface area contributed by atoms with Crippen LogP contribution in [-0.2, 0) is 0 Å². The fraction of sp³-hybridized carbons (Fsp3) is 0. The maximum Gasteiger partial charge on any atom is 0.164 e. The Kier molecular flexibility index (Phi) is 8.94. The highest BCUT2D eigenvalue weighted by atomic mass is 15.0. The van der Waals surface area contributed by atoms with Crippen LogP contribution >= 0.6 is 0 Å². The van der Waals surface area contributed by atoms with Gasteiger partial charge in [-0.25, -0.2) is 15.0 Å². The lowest BCUT2D eigenvalue weighted by Crippen LogP contribution is -2.02. The molecule has 3 nitrogen and oxygen atoms in total. The summed E-state index contributed by atoms with van der Waals surface area (Å²) in [6.07, 6.45) is 0. The minimum Gasteiger partial charge on any atom is -0.208 e. The number of rotatable bonds is 8. The van der Waals surface area contributed by atoms with Crippen LogP contribution < -0.4 is 0 Å². The molecular weight excluding hydrogens is 655 g/mol. The summed E-state index contributed by atoms with van der Waals surface area (Å²) in [5, 5.41) is 0. The average Bonchev–Trinajstić information content (AvgIpc) is 3.27. The minimum atomic E-state index is 0.615. The topological polar surface area (TPSA) is 38.7 Å². The summed E-state index contributed by atoms with van der Waals surface area (Å²) in [4.78, 5) is 15.9. The van der Waals surface area contributed by atoms with Crippen molar-refractivity contribution in [2.75, 3.05) is 0 Å². The van der Waals surface area contributed by atoms with Crippen molar-refractivity contribution in [2.24, 2.45) is 0 Å². The van der Waals surface area contributed by atoms with Crippen LogP contribution in [-0.4, -0.2) is 15.0 Å². The van der Waals surface area contributed by atoms with Crippen LogP contribution in [0.5, 0.6) is 0 Å². The van der Waals surface area contributed by atoms with Crippen LogP contribution in [0.4, 0.5) is 0 Å². The standard InChI is InChI=1S/C51H35N3/c1-6-16-36(17-7-1)39-26-28-42(29-27-39)49-52-50(46-33-31-43(37-18-8-2-9-19-37)34-47(46)41-24-14-5-15-25-41)54-51(53-49)48-35-44(38-20-10-3-11-21-38)30-32-45(48)40-22-12-4-13-23-40/h1-35H. The zero-order valence-corrected chi connectivity index (χ0v) is 29.5. The van der Waals surface area contributed by atoms with Crippen LogP contribution in [0.15, 0.2) is 212 Å². The Hall–Kier alpha value is -7.23. The van der Waals surface area contributed by atoms with Gasteiger partial charge in [-0.1, -0.05) is 194 Å². The number of nitrogens with zero attached hydrogens (tertiary/aromatic N) is 3. The Bertz CT molecular complexity index is 2660.